The van der Waals surface area contributed by atoms with Crippen LogP contribution >= 0.6 is 0 Å². The summed E-state index contributed by atoms with van der Waals surface area (Å²) >= 11 is 0. The first-order valence-electron chi connectivity index (χ1n) is 7.17. The number of methoxy groups -OCH3 is 1. The van der Waals surface area contributed by atoms with E-state index in [-0.39, 0.29) is 5.69 Å². The molecule has 1 fully saturated rings. The lowest BCUT2D eigenvalue weighted by atomic mass is 10.0. The lowest BCUT2D eigenvalue weighted by Crippen LogP contribution is -2.49. The quantitative estimate of drug-likeness (QED) is 0.469. The van der Waals surface area contributed by atoms with Crippen LogP contribution in [0.5, 0.6) is 5.75 Å². The summed E-state index contributed by atoms with van der Waals surface area (Å²) in [5.74, 6) is -0.0154. The molecule has 23 heavy (non-hydrogen) atoms. The molecule has 2 aliphatic rings. The smallest absolute Gasteiger partial charge is 0.338 e. The largest absolute Gasteiger partial charge is 0.470 e. The minimum absolute atomic E-state index is 0.0577. The Kier molecular flexibility index (Phi) is 4.26. The van der Waals surface area contributed by atoms with Crippen molar-refractivity contribution in [1.29, 1.82) is 0 Å². The molecule has 0 aliphatic carbocycles. The van der Waals surface area contributed by atoms with E-state index in [9.17, 15) is 14.9 Å². The number of rotatable bonds is 3. The van der Waals surface area contributed by atoms with E-state index >= 15 is 0 Å². The maximum Gasteiger partial charge on any atom is 0.338 e. The predicted molar refractivity (Wildman–Crippen MR) is 79.9 cm³/mol. The number of esters is 1. The van der Waals surface area contributed by atoms with Gasteiger partial charge < -0.3 is 14.2 Å². The molecule has 1 aromatic carbocycles. The summed E-state index contributed by atoms with van der Waals surface area (Å²) in [6.45, 7) is 2.37. The Labute approximate surface area is 132 Å². The van der Waals surface area contributed by atoms with Gasteiger partial charge in [0.15, 0.2) is 6.23 Å². The highest BCUT2D eigenvalue weighted by molar-refractivity contribution is 5.96. The van der Waals surface area contributed by atoms with Gasteiger partial charge >= 0.3 is 5.97 Å². The minimum Gasteiger partial charge on any atom is -0.470 e. The van der Waals surface area contributed by atoms with E-state index in [1.54, 1.807) is 12.1 Å². The van der Waals surface area contributed by atoms with Crippen molar-refractivity contribution in [3.8, 4) is 5.75 Å². The van der Waals surface area contributed by atoms with E-state index in [0.717, 1.165) is 0 Å². The molecular formula is C15H16N2O6. The first-order valence-corrected chi connectivity index (χ1v) is 7.17. The van der Waals surface area contributed by atoms with Gasteiger partial charge in [0.1, 0.15) is 5.75 Å². The van der Waals surface area contributed by atoms with Crippen LogP contribution in [0.4, 0.5) is 5.69 Å². The molecule has 0 saturated carbocycles. The fourth-order valence-corrected chi connectivity index (χ4v) is 2.65. The van der Waals surface area contributed by atoms with Gasteiger partial charge in [-0.2, -0.15) is 0 Å². The topological polar surface area (TPSA) is 91.1 Å². The molecule has 0 spiro atoms. The number of non-ortho nitro benzene ring substituents is 1. The fraction of sp³-hybridized carbons (Fsp3) is 0.400. The van der Waals surface area contributed by atoms with Crippen LogP contribution in [0.15, 0.2) is 23.8 Å². The Balaban J connectivity index is 1.98. The van der Waals surface area contributed by atoms with E-state index in [1.807, 2.05) is 4.90 Å². The standard InChI is InChI=1S/C15H16N2O6/c1-21-15(18)12-9-10-8-11(17(19)20)2-3-13(10)23-14(12)16-4-6-22-7-5-16/h2-3,8-9,14H,4-7H2,1H3/t14-/m1/s1. The van der Waals surface area contributed by atoms with Crippen LogP contribution in [0.2, 0.25) is 0 Å². The number of nitro groups is 1. The zero-order chi connectivity index (χ0) is 16.4. The van der Waals surface area contributed by atoms with Crippen LogP contribution in [-0.2, 0) is 14.3 Å². The van der Waals surface area contributed by atoms with Crippen molar-refractivity contribution < 1.29 is 23.9 Å². The summed E-state index contributed by atoms with van der Waals surface area (Å²) < 4.78 is 16.1. The van der Waals surface area contributed by atoms with Crippen molar-refractivity contribution in [3.05, 3.63) is 39.4 Å². The van der Waals surface area contributed by atoms with E-state index in [4.69, 9.17) is 14.2 Å². The zero-order valence-corrected chi connectivity index (χ0v) is 12.6. The number of nitro benzene ring substituents is 1. The molecule has 1 saturated heterocycles. The Morgan fingerprint density at radius 2 is 2.13 bits per heavy atom. The summed E-state index contributed by atoms with van der Waals surface area (Å²) in [6.07, 6.45) is 1.01. The van der Waals surface area contributed by atoms with Crippen molar-refractivity contribution in [2.24, 2.45) is 0 Å². The third-order valence-electron chi connectivity index (χ3n) is 3.82. The highest BCUT2D eigenvalue weighted by Crippen LogP contribution is 2.34. The molecule has 8 nitrogen and oxygen atoms in total. The monoisotopic (exact) mass is 320 g/mol. The number of benzene rings is 1. The summed E-state index contributed by atoms with van der Waals surface area (Å²) in [5, 5.41) is 10.9. The SMILES string of the molecule is COC(=O)C1=Cc2cc([N+](=O)[O-])ccc2O[C@H]1N1CCOCC1. The van der Waals surface area contributed by atoms with E-state index in [0.29, 0.717) is 43.2 Å². The second kappa shape index (κ2) is 6.35. The molecular weight excluding hydrogens is 304 g/mol. The van der Waals surface area contributed by atoms with Gasteiger partial charge in [0.05, 0.1) is 30.8 Å². The van der Waals surface area contributed by atoms with Crippen LogP contribution < -0.4 is 4.74 Å². The molecule has 0 unspecified atom stereocenters. The molecule has 0 radical (unpaired) electrons. The molecule has 0 amide bonds. The van der Waals surface area contributed by atoms with E-state index in [1.165, 1.54) is 19.2 Å². The van der Waals surface area contributed by atoms with Crippen molar-refractivity contribution in [2.75, 3.05) is 33.4 Å². The summed E-state index contributed by atoms with van der Waals surface area (Å²) in [6, 6.07) is 4.31. The van der Waals surface area contributed by atoms with Crippen molar-refractivity contribution in [2.45, 2.75) is 6.23 Å². The molecule has 8 heteroatoms. The number of ether oxygens (including phenoxy) is 3. The molecule has 0 bridgehead atoms. The average molecular weight is 320 g/mol. The highest BCUT2D eigenvalue weighted by Gasteiger charge is 2.34. The molecule has 1 aromatic rings. The third kappa shape index (κ3) is 3.03. The number of fused-ring (bicyclic) bond motifs is 1. The second-order valence-electron chi connectivity index (χ2n) is 5.19. The summed E-state index contributed by atoms with van der Waals surface area (Å²) in [7, 11) is 1.29. The lowest BCUT2D eigenvalue weighted by molar-refractivity contribution is -0.384. The zero-order valence-electron chi connectivity index (χ0n) is 12.6. The molecule has 0 N–H and O–H groups in total. The van der Waals surface area contributed by atoms with E-state index in [2.05, 4.69) is 0 Å². The number of carbonyl (C=O) groups excluding carboxylic acids is 1. The third-order valence-corrected chi connectivity index (χ3v) is 3.82. The Bertz CT molecular complexity index is 666. The van der Waals surface area contributed by atoms with Gasteiger partial charge in [-0.05, 0) is 12.1 Å². The number of nitrogens with zero attached hydrogens (tertiary/aromatic N) is 2. The van der Waals surface area contributed by atoms with Crippen molar-refractivity contribution in [3.63, 3.8) is 0 Å². The van der Waals surface area contributed by atoms with Gasteiger partial charge in [0.25, 0.3) is 5.69 Å². The van der Waals surface area contributed by atoms with Crippen LogP contribution in [-0.4, -0.2) is 55.4 Å². The number of hydrogen-bond acceptors (Lipinski definition) is 7. The number of carbonyl (C=O) groups is 1. The van der Waals surface area contributed by atoms with Crippen LogP contribution in [0, 0.1) is 10.1 Å². The van der Waals surface area contributed by atoms with Gasteiger partial charge in [0.2, 0.25) is 0 Å². The maximum absolute atomic E-state index is 12.1. The first-order chi connectivity index (χ1) is 11.1. The maximum atomic E-state index is 12.1. The molecule has 1 atom stereocenters. The molecule has 2 heterocycles. The normalized spacial score (nSPS) is 20.9. The lowest BCUT2D eigenvalue weighted by Gasteiger charge is -2.36. The van der Waals surface area contributed by atoms with Crippen LogP contribution in [0.25, 0.3) is 6.08 Å². The molecule has 3 rings (SSSR count). The Morgan fingerprint density at radius 1 is 1.39 bits per heavy atom. The molecule has 2 aliphatic heterocycles. The van der Waals surface area contributed by atoms with Crippen molar-refractivity contribution >= 4 is 17.7 Å². The highest BCUT2D eigenvalue weighted by atomic mass is 16.6. The summed E-state index contributed by atoms with van der Waals surface area (Å²) in [4.78, 5) is 24.5. The Morgan fingerprint density at radius 3 is 2.78 bits per heavy atom. The van der Waals surface area contributed by atoms with Gasteiger partial charge in [0, 0.05) is 30.8 Å². The predicted octanol–water partition coefficient (Wildman–Crippen LogP) is 1.20. The van der Waals surface area contributed by atoms with Gasteiger partial charge in [-0.1, -0.05) is 0 Å². The first kappa shape index (κ1) is 15.4. The second-order valence-corrected chi connectivity index (χ2v) is 5.19. The van der Waals surface area contributed by atoms with E-state index < -0.39 is 17.1 Å². The Hall–Kier alpha value is -2.45. The number of hydrogen-bond donors (Lipinski definition) is 0. The van der Waals surface area contributed by atoms with Gasteiger partial charge in [-0.25, -0.2) is 4.79 Å². The number of morpholine rings is 1. The van der Waals surface area contributed by atoms with Crippen molar-refractivity contribution in [1.82, 2.24) is 4.90 Å². The minimum atomic E-state index is -0.583. The summed E-state index contributed by atoms with van der Waals surface area (Å²) in [5.41, 5.74) is 0.754. The van der Waals surface area contributed by atoms with Crippen LogP contribution in [0.1, 0.15) is 5.56 Å². The van der Waals surface area contributed by atoms with Crippen LogP contribution in [0.3, 0.4) is 0 Å². The molecule has 0 aromatic heterocycles. The molecule has 122 valence electrons. The van der Waals surface area contributed by atoms with Gasteiger partial charge in [-0.3, -0.25) is 15.0 Å². The average Bonchev–Trinajstić information content (AvgIpc) is 2.60. The fourth-order valence-electron chi connectivity index (χ4n) is 2.65. The van der Waals surface area contributed by atoms with Gasteiger partial charge in [-0.15, -0.1) is 0 Å².